The van der Waals surface area contributed by atoms with Crippen LogP contribution in [0.15, 0.2) is 59.3 Å². The number of nitrogens with zero attached hydrogens (tertiary/aromatic N) is 3. The fourth-order valence-electron chi connectivity index (χ4n) is 1.92. The summed E-state index contributed by atoms with van der Waals surface area (Å²) in [7, 11) is 0. The fourth-order valence-corrected chi connectivity index (χ4v) is 2.34. The molecule has 0 aliphatic rings. The molecular formula is C15H12BrFN4. The van der Waals surface area contributed by atoms with E-state index in [-0.39, 0.29) is 5.82 Å². The summed E-state index contributed by atoms with van der Waals surface area (Å²) in [6.07, 6.45) is 3.27. The van der Waals surface area contributed by atoms with Crippen molar-refractivity contribution in [3.05, 3.63) is 70.7 Å². The van der Waals surface area contributed by atoms with Gasteiger partial charge in [0.15, 0.2) is 0 Å². The lowest BCUT2D eigenvalue weighted by Crippen LogP contribution is -2.01. The third-order valence-electron chi connectivity index (χ3n) is 3.00. The monoisotopic (exact) mass is 346 g/mol. The van der Waals surface area contributed by atoms with E-state index in [1.54, 1.807) is 29.3 Å². The number of benzene rings is 2. The Labute approximate surface area is 129 Å². The number of halogens is 2. The highest BCUT2D eigenvalue weighted by atomic mass is 79.9. The van der Waals surface area contributed by atoms with Gasteiger partial charge < -0.3 is 5.32 Å². The molecular weight excluding hydrogens is 335 g/mol. The second-order valence-electron chi connectivity index (χ2n) is 4.47. The SMILES string of the molecule is Fc1ccc(CNc2ccc(-n3nccn3)cc2)cc1Br. The number of anilines is 1. The van der Waals surface area contributed by atoms with Crippen molar-refractivity contribution in [1.82, 2.24) is 15.0 Å². The van der Waals surface area contributed by atoms with Gasteiger partial charge in [-0.2, -0.15) is 15.0 Å². The lowest BCUT2D eigenvalue weighted by molar-refractivity contribution is 0.620. The molecule has 3 rings (SSSR count). The molecule has 1 heterocycles. The van der Waals surface area contributed by atoms with E-state index < -0.39 is 0 Å². The highest BCUT2D eigenvalue weighted by Crippen LogP contribution is 2.18. The molecule has 2 aromatic carbocycles. The van der Waals surface area contributed by atoms with Crippen molar-refractivity contribution in [1.29, 1.82) is 0 Å². The first kappa shape index (κ1) is 13.8. The van der Waals surface area contributed by atoms with Crippen LogP contribution in [0.4, 0.5) is 10.1 Å². The number of nitrogens with one attached hydrogen (secondary N) is 1. The topological polar surface area (TPSA) is 42.7 Å². The molecule has 4 nitrogen and oxygen atoms in total. The minimum Gasteiger partial charge on any atom is -0.381 e. The molecule has 1 N–H and O–H groups in total. The third-order valence-corrected chi connectivity index (χ3v) is 3.61. The first-order chi connectivity index (χ1) is 10.2. The molecule has 0 aliphatic carbocycles. The van der Waals surface area contributed by atoms with Crippen LogP contribution in [0.25, 0.3) is 5.69 Å². The van der Waals surface area contributed by atoms with Gasteiger partial charge in [0.25, 0.3) is 0 Å². The lowest BCUT2D eigenvalue weighted by atomic mass is 10.2. The van der Waals surface area contributed by atoms with Crippen LogP contribution in [-0.4, -0.2) is 15.0 Å². The summed E-state index contributed by atoms with van der Waals surface area (Å²) in [5.74, 6) is -0.255. The standard InChI is InChI=1S/C15H12BrFN4/c16-14-9-11(1-6-15(14)17)10-18-12-2-4-13(5-3-12)21-19-7-8-20-21/h1-9,18H,10H2. The average molecular weight is 347 g/mol. The molecule has 0 saturated heterocycles. The van der Waals surface area contributed by atoms with E-state index in [0.717, 1.165) is 16.9 Å². The van der Waals surface area contributed by atoms with Crippen molar-refractivity contribution in [2.75, 3.05) is 5.32 Å². The highest BCUT2D eigenvalue weighted by molar-refractivity contribution is 9.10. The van der Waals surface area contributed by atoms with Gasteiger partial charge in [0.2, 0.25) is 0 Å². The van der Waals surface area contributed by atoms with Crippen LogP contribution >= 0.6 is 15.9 Å². The quantitative estimate of drug-likeness (QED) is 0.781. The van der Waals surface area contributed by atoms with Gasteiger partial charge in [-0.15, -0.1) is 0 Å². The molecule has 3 aromatic rings. The van der Waals surface area contributed by atoms with E-state index in [4.69, 9.17) is 0 Å². The molecule has 6 heteroatoms. The van der Waals surface area contributed by atoms with Crippen LogP contribution in [-0.2, 0) is 6.54 Å². The first-order valence-electron chi connectivity index (χ1n) is 6.37. The molecule has 0 amide bonds. The second-order valence-corrected chi connectivity index (χ2v) is 5.32. The van der Waals surface area contributed by atoms with Gasteiger partial charge in [0.1, 0.15) is 5.82 Å². The predicted octanol–water partition coefficient (Wildman–Crippen LogP) is 3.78. The molecule has 0 bridgehead atoms. The van der Waals surface area contributed by atoms with Gasteiger partial charge in [0, 0.05) is 12.2 Å². The fraction of sp³-hybridized carbons (Fsp3) is 0.0667. The molecule has 21 heavy (non-hydrogen) atoms. The molecule has 0 aliphatic heterocycles. The lowest BCUT2D eigenvalue weighted by Gasteiger charge is -2.08. The molecule has 0 radical (unpaired) electrons. The van der Waals surface area contributed by atoms with Crippen LogP contribution < -0.4 is 5.32 Å². The van der Waals surface area contributed by atoms with Crippen LogP contribution in [0.5, 0.6) is 0 Å². The predicted molar refractivity (Wildman–Crippen MR) is 82.8 cm³/mol. The van der Waals surface area contributed by atoms with Crippen molar-refractivity contribution in [3.8, 4) is 5.69 Å². The van der Waals surface area contributed by atoms with Crippen LogP contribution in [0, 0.1) is 5.82 Å². The zero-order valence-corrected chi connectivity index (χ0v) is 12.6. The molecule has 0 saturated carbocycles. The molecule has 0 spiro atoms. The first-order valence-corrected chi connectivity index (χ1v) is 7.16. The van der Waals surface area contributed by atoms with Gasteiger partial charge in [-0.25, -0.2) is 4.39 Å². The van der Waals surface area contributed by atoms with E-state index in [2.05, 4.69) is 31.4 Å². The summed E-state index contributed by atoms with van der Waals surface area (Å²) in [6.45, 7) is 0.623. The van der Waals surface area contributed by atoms with Crippen molar-refractivity contribution in [2.24, 2.45) is 0 Å². The summed E-state index contributed by atoms with van der Waals surface area (Å²) in [5, 5.41) is 11.4. The van der Waals surface area contributed by atoms with Crippen molar-refractivity contribution >= 4 is 21.6 Å². The maximum atomic E-state index is 13.2. The molecule has 0 atom stereocenters. The van der Waals surface area contributed by atoms with Crippen LogP contribution in [0.1, 0.15) is 5.56 Å². The molecule has 106 valence electrons. The van der Waals surface area contributed by atoms with Crippen LogP contribution in [0.2, 0.25) is 0 Å². The van der Waals surface area contributed by atoms with Gasteiger partial charge in [-0.05, 0) is 57.9 Å². The third kappa shape index (κ3) is 3.28. The number of hydrogen-bond donors (Lipinski definition) is 1. The van der Waals surface area contributed by atoms with E-state index >= 15 is 0 Å². The number of aromatic nitrogens is 3. The molecule has 0 unspecified atom stereocenters. The van der Waals surface area contributed by atoms with Gasteiger partial charge in [0.05, 0.1) is 22.6 Å². The minimum absolute atomic E-state index is 0.255. The summed E-state index contributed by atoms with van der Waals surface area (Å²) < 4.78 is 13.6. The summed E-state index contributed by atoms with van der Waals surface area (Å²) in [5.41, 5.74) is 2.88. The van der Waals surface area contributed by atoms with E-state index in [1.807, 2.05) is 24.3 Å². The van der Waals surface area contributed by atoms with Gasteiger partial charge in [-0.1, -0.05) is 6.07 Å². The zero-order chi connectivity index (χ0) is 14.7. The Balaban J connectivity index is 1.66. The Morgan fingerprint density at radius 2 is 1.76 bits per heavy atom. The van der Waals surface area contributed by atoms with E-state index in [0.29, 0.717) is 11.0 Å². The van der Waals surface area contributed by atoms with Crippen molar-refractivity contribution < 1.29 is 4.39 Å². The normalized spacial score (nSPS) is 10.6. The summed E-state index contributed by atoms with van der Waals surface area (Å²) >= 11 is 3.18. The number of hydrogen-bond acceptors (Lipinski definition) is 3. The van der Waals surface area contributed by atoms with E-state index in [9.17, 15) is 4.39 Å². The largest absolute Gasteiger partial charge is 0.381 e. The van der Waals surface area contributed by atoms with Crippen molar-refractivity contribution in [2.45, 2.75) is 6.54 Å². The smallest absolute Gasteiger partial charge is 0.137 e. The van der Waals surface area contributed by atoms with Gasteiger partial charge >= 0.3 is 0 Å². The molecule has 0 fully saturated rings. The van der Waals surface area contributed by atoms with Gasteiger partial charge in [-0.3, -0.25) is 0 Å². The summed E-state index contributed by atoms with van der Waals surface area (Å²) in [4.78, 5) is 1.56. The average Bonchev–Trinajstić information content (AvgIpc) is 3.03. The Morgan fingerprint density at radius 3 is 2.43 bits per heavy atom. The second kappa shape index (κ2) is 6.05. The maximum absolute atomic E-state index is 13.2. The van der Waals surface area contributed by atoms with Crippen molar-refractivity contribution in [3.63, 3.8) is 0 Å². The van der Waals surface area contributed by atoms with Crippen LogP contribution in [0.3, 0.4) is 0 Å². The Hall–Kier alpha value is -2.21. The summed E-state index contributed by atoms with van der Waals surface area (Å²) in [6, 6.07) is 12.8. The number of rotatable bonds is 4. The highest BCUT2D eigenvalue weighted by Gasteiger charge is 2.01. The maximum Gasteiger partial charge on any atom is 0.137 e. The van der Waals surface area contributed by atoms with E-state index in [1.165, 1.54) is 6.07 Å². The Bertz CT molecular complexity index is 726. The zero-order valence-electron chi connectivity index (χ0n) is 11.0. The molecule has 1 aromatic heterocycles. The minimum atomic E-state index is -0.255. The Morgan fingerprint density at radius 1 is 1.05 bits per heavy atom. The Kier molecular flexibility index (Phi) is 3.96.